The van der Waals surface area contributed by atoms with E-state index < -0.39 is 5.66 Å². The van der Waals surface area contributed by atoms with Crippen molar-refractivity contribution < 1.29 is 4.79 Å². The van der Waals surface area contributed by atoms with E-state index in [4.69, 9.17) is 0 Å². The molecule has 2 fully saturated rings. The smallest absolute Gasteiger partial charge is 0.254 e. The van der Waals surface area contributed by atoms with E-state index >= 15 is 0 Å². The van der Waals surface area contributed by atoms with Gasteiger partial charge in [0.15, 0.2) is 5.65 Å². The third-order valence-corrected chi connectivity index (χ3v) is 7.07. The molecule has 5 heterocycles. The summed E-state index contributed by atoms with van der Waals surface area (Å²) < 4.78 is 1.76. The number of nitrogens with one attached hydrogen (secondary N) is 2. The predicted molar refractivity (Wildman–Crippen MR) is 117 cm³/mol. The van der Waals surface area contributed by atoms with Gasteiger partial charge in [0.25, 0.3) is 5.91 Å². The number of aromatic nitrogens is 3. The van der Waals surface area contributed by atoms with Gasteiger partial charge in [0.05, 0.1) is 23.3 Å². The molecule has 2 N–H and O–H groups in total. The number of hydrogen-bond donors (Lipinski definition) is 2. The van der Waals surface area contributed by atoms with E-state index in [9.17, 15) is 4.79 Å². The summed E-state index contributed by atoms with van der Waals surface area (Å²) in [6.07, 6.45) is 10.2. The van der Waals surface area contributed by atoms with E-state index in [1.165, 1.54) is 12.8 Å². The molecule has 31 heavy (non-hydrogen) atoms. The number of fused-ring (bicyclic) bond motifs is 2. The highest BCUT2D eigenvalue weighted by Crippen LogP contribution is 2.40. The van der Waals surface area contributed by atoms with Gasteiger partial charge < -0.3 is 15.5 Å². The summed E-state index contributed by atoms with van der Waals surface area (Å²) in [5.41, 5.74) is 5.03. The number of carbonyl (C=O) groups excluding carboxylic acids is 1. The second-order valence-corrected chi connectivity index (χ2v) is 9.38. The Morgan fingerprint density at radius 1 is 1.16 bits per heavy atom. The lowest BCUT2D eigenvalue weighted by atomic mass is 9.93. The van der Waals surface area contributed by atoms with Gasteiger partial charge >= 0.3 is 0 Å². The summed E-state index contributed by atoms with van der Waals surface area (Å²) >= 11 is 0. The molecule has 0 radical (unpaired) electrons. The van der Waals surface area contributed by atoms with Crippen molar-refractivity contribution in [1.82, 2.24) is 35.0 Å². The number of aryl methyl sites for hydroxylation is 1. The van der Waals surface area contributed by atoms with Crippen LogP contribution in [0.15, 0.2) is 48.0 Å². The topological polar surface area (TPSA) is 77.8 Å². The van der Waals surface area contributed by atoms with Crippen molar-refractivity contribution in [3.63, 3.8) is 0 Å². The third kappa shape index (κ3) is 2.89. The first-order valence-corrected chi connectivity index (χ1v) is 10.9. The Hall–Kier alpha value is -3.13. The van der Waals surface area contributed by atoms with Gasteiger partial charge in [0, 0.05) is 37.4 Å². The van der Waals surface area contributed by atoms with E-state index in [1.807, 2.05) is 36.4 Å². The number of piperazine rings is 1. The number of nitrogens with zero attached hydrogens (tertiary/aromatic N) is 5. The number of imidazole rings is 1. The Kier molecular flexibility index (Phi) is 3.72. The monoisotopic (exact) mass is 417 g/mol. The van der Waals surface area contributed by atoms with E-state index in [0.29, 0.717) is 0 Å². The van der Waals surface area contributed by atoms with E-state index in [0.717, 1.165) is 53.6 Å². The first-order valence-electron chi connectivity index (χ1n) is 10.9. The molecule has 0 aromatic carbocycles. The van der Waals surface area contributed by atoms with Crippen molar-refractivity contribution >= 4 is 17.3 Å². The van der Waals surface area contributed by atoms with Crippen molar-refractivity contribution in [3.05, 3.63) is 59.3 Å². The molecule has 1 spiro atoms. The minimum Gasteiger partial charge on any atom is -0.367 e. The zero-order chi connectivity index (χ0) is 21.4. The Balaban J connectivity index is 1.34. The quantitative estimate of drug-likeness (QED) is 0.776. The first-order chi connectivity index (χ1) is 14.9. The van der Waals surface area contributed by atoms with E-state index in [1.54, 1.807) is 10.6 Å². The molecule has 1 aliphatic carbocycles. The average molecular weight is 418 g/mol. The number of amides is 1. The summed E-state index contributed by atoms with van der Waals surface area (Å²) in [5.74, 6) is -0.0406. The Bertz CT molecular complexity index is 1200. The van der Waals surface area contributed by atoms with Crippen molar-refractivity contribution in [3.8, 4) is 0 Å². The Morgan fingerprint density at radius 3 is 2.81 bits per heavy atom. The van der Waals surface area contributed by atoms with Gasteiger partial charge in [0.2, 0.25) is 0 Å². The fourth-order valence-electron chi connectivity index (χ4n) is 4.90. The molecule has 160 valence electrons. The number of allylic oxidation sites excluding steroid dienone is 1. The summed E-state index contributed by atoms with van der Waals surface area (Å²) in [7, 11) is 0. The van der Waals surface area contributed by atoms with Crippen LogP contribution in [0.3, 0.4) is 0 Å². The van der Waals surface area contributed by atoms with Crippen molar-refractivity contribution in [1.29, 1.82) is 0 Å². The van der Waals surface area contributed by atoms with Gasteiger partial charge in [-0.25, -0.2) is 9.50 Å². The van der Waals surface area contributed by atoms with E-state index in [2.05, 4.69) is 45.5 Å². The van der Waals surface area contributed by atoms with Crippen LogP contribution in [0.2, 0.25) is 0 Å². The van der Waals surface area contributed by atoms with Crippen molar-refractivity contribution in [2.75, 3.05) is 19.6 Å². The molecule has 1 unspecified atom stereocenters. The number of hydrogen-bond acceptors (Lipinski definition) is 6. The van der Waals surface area contributed by atoms with Gasteiger partial charge in [-0.15, -0.1) is 0 Å². The molecule has 2 aromatic heterocycles. The van der Waals surface area contributed by atoms with Gasteiger partial charge in [-0.2, -0.15) is 5.10 Å². The Labute approximate surface area is 181 Å². The standard InChI is InChI=1S/C23H27N7O/c1-15-10-17(28-9-8-24-23(14-28)6-7-23)13-29-21(31)11-19(26-22(15,29)3)18-4-5-20-25-16(2)12-30(20)27-18/h4-5,10-13,24,26H,6-9,14H2,1-3H3. The maximum Gasteiger partial charge on any atom is 0.254 e. The van der Waals surface area contributed by atoms with Crippen LogP contribution in [0.4, 0.5) is 0 Å². The molecule has 8 heteroatoms. The Morgan fingerprint density at radius 2 is 2.00 bits per heavy atom. The lowest BCUT2D eigenvalue weighted by molar-refractivity contribution is -0.128. The van der Waals surface area contributed by atoms with Crippen LogP contribution < -0.4 is 10.6 Å². The van der Waals surface area contributed by atoms with Crippen LogP contribution in [-0.4, -0.2) is 61.1 Å². The molecule has 1 amide bonds. The fourth-order valence-corrected chi connectivity index (χ4v) is 4.90. The maximum atomic E-state index is 13.3. The molecule has 0 bridgehead atoms. The largest absolute Gasteiger partial charge is 0.367 e. The maximum absolute atomic E-state index is 13.3. The van der Waals surface area contributed by atoms with Crippen LogP contribution in [0.1, 0.15) is 38.1 Å². The van der Waals surface area contributed by atoms with Gasteiger partial charge in [-0.3, -0.25) is 9.69 Å². The summed E-state index contributed by atoms with van der Waals surface area (Å²) in [4.78, 5) is 21.9. The highest BCUT2D eigenvalue weighted by atomic mass is 16.2. The molecule has 8 nitrogen and oxygen atoms in total. The summed E-state index contributed by atoms with van der Waals surface area (Å²) in [6.45, 7) is 9.03. The second kappa shape index (κ2) is 6.20. The SMILES string of the molecule is CC1=CC(N2CCNC3(CC3)C2)=CN2C(=O)C=C(c3ccc4nc(C)cn4n3)NC12C. The lowest BCUT2D eigenvalue weighted by Gasteiger charge is -2.48. The van der Waals surface area contributed by atoms with Crippen LogP contribution >= 0.6 is 0 Å². The molecule has 4 aliphatic rings. The number of rotatable bonds is 2. The average Bonchev–Trinajstić information content (AvgIpc) is 3.36. The highest BCUT2D eigenvalue weighted by molar-refractivity contribution is 5.98. The molecular formula is C23H27N7O. The van der Waals surface area contributed by atoms with Crippen LogP contribution in [0, 0.1) is 6.92 Å². The molecule has 3 aliphatic heterocycles. The molecule has 2 aromatic rings. The number of carbonyl (C=O) groups is 1. The normalized spacial score (nSPS) is 26.9. The zero-order valence-electron chi connectivity index (χ0n) is 18.1. The molecule has 1 saturated carbocycles. The fraction of sp³-hybridized carbons (Fsp3) is 0.435. The minimum atomic E-state index is -0.628. The summed E-state index contributed by atoms with van der Waals surface area (Å²) in [6, 6.07) is 3.84. The van der Waals surface area contributed by atoms with E-state index in [-0.39, 0.29) is 11.4 Å². The molecular weight excluding hydrogens is 390 g/mol. The van der Waals surface area contributed by atoms with Crippen LogP contribution in [0.5, 0.6) is 0 Å². The second-order valence-electron chi connectivity index (χ2n) is 9.38. The van der Waals surface area contributed by atoms with Gasteiger partial charge in [0.1, 0.15) is 11.4 Å². The van der Waals surface area contributed by atoms with Crippen LogP contribution in [0.25, 0.3) is 11.3 Å². The molecule has 1 atom stereocenters. The molecule has 6 rings (SSSR count). The minimum absolute atomic E-state index is 0.0406. The summed E-state index contributed by atoms with van der Waals surface area (Å²) in [5, 5.41) is 11.9. The third-order valence-electron chi connectivity index (χ3n) is 7.07. The first kappa shape index (κ1) is 18.6. The zero-order valence-corrected chi connectivity index (χ0v) is 18.1. The van der Waals surface area contributed by atoms with Gasteiger partial charge in [-0.05, 0) is 57.4 Å². The van der Waals surface area contributed by atoms with Crippen molar-refractivity contribution in [2.45, 2.75) is 44.8 Å². The predicted octanol–water partition coefficient (Wildman–Crippen LogP) is 1.77. The van der Waals surface area contributed by atoms with Crippen LogP contribution in [-0.2, 0) is 4.79 Å². The van der Waals surface area contributed by atoms with Crippen molar-refractivity contribution in [2.24, 2.45) is 0 Å². The highest BCUT2D eigenvalue weighted by Gasteiger charge is 2.47. The lowest BCUT2D eigenvalue weighted by Crippen LogP contribution is -2.61. The van der Waals surface area contributed by atoms with Gasteiger partial charge in [-0.1, -0.05) is 0 Å². The molecule has 1 saturated heterocycles.